The molecule has 1 saturated heterocycles. The number of carbonyl (C=O) groups is 2. The van der Waals surface area contributed by atoms with Gasteiger partial charge in [-0.3, -0.25) is 9.59 Å². The first-order valence-corrected chi connectivity index (χ1v) is 12.5. The maximum absolute atomic E-state index is 13.6. The Morgan fingerprint density at radius 2 is 1.69 bits per heavy atom. The van der Waals surface area contributed by atoms with E-state index >= 15 is 0 Å². The number of amides is 1. The standard InChI is InChI=1S/C30H30N2O7/c1-31-13-14-39-23-11-10-19(15-21(23)31)28(33)26-27(18-9-12-24(37-3)25(16-18)38-4)32(30(35)29(26)34)17-20-7-5-6-8-22(20)36-2/h5-12,15-16,27,33H,13-14,17H2,1-4H3/b28-26+. The second-order valence-electron chi connectivity index (χ2n) is 9.31. The Hall–Kier alpha value is -4.66. The SMILES string of the molecule is COc1ccccc1CN1C(=O)C(=O)/C(=C(/O)c2ccc3c(c2)N(C)CCO3)C1c1ccc(OC)c(OC)c1. The molecule has 0 spiro atoms. The van der Waals surface area contributed by atoms with Crippen molar-refractivity contribution < 1.29 is 33.6 Å². The minimum absolute atomic E-state index is 0.0125. The predicted octanol–water partition coefficient (Wildman–Crippen LogP) is 4.16. The van der Waals surface area contributed by atoms with Crippen LogP contribution in [-0.4, -0.2) is 63.2 Å². The van der Waals surface area contributed by atoms with Crippen LogP contribution in [0.5, 0.6) is 23.0 Å². The summed E-state index contributed by atoms with van der Waals surface area (Å²) in [7, 11) is 6.53. The quantitative estimate of drug-likeness (QED) is 0.276. The van der Waals surface area contributed by atoms with Crippen molar-refractivity contribution in [3.63, 3.8) is 0 Å². The molecule has 3 aromatic carbocycles. The molecule has 202 valence electrons. The van der Waals surface area contributed by atoms with Gasteiger partial charge in [0.25, 0.3) is 11.7 Å². The number of ketones is 1. The van der Waals surface area contributed by atoms with Crippen LogP contribution in [0.25, 0.3) is 5.76 Å². The highest BCUT2D eigenvalue weighted by Crippen LogP contribution is 2.44. The molecule has 1 atom stereocenters. The number of anilines is 1. The van der Waals surface area contributed by atoms with Crippen molar-refractivity contribution >= 4 is 23.1 Å². The molecule has 1 fully saturated rings. The lowest BCUT2D eigenvalue weighted by Crippen LogP contribution is -2.29. The van der Waals surface area contributed by atoms with Crippen molar-refractivity contribution in [1.82, 2.24) is 4.90 Å². The van der Waals surface area contributed by atoms with Crippen molar-refractivity contribution in [3.05, 3.63) is 82.9 Å². The number of hydrogen-bond acceptors (Lipinski definition) is 8. The van der Waals surface area contributed by atoms with E-state index in [1.807, 2.05) is 30.1 Å². The molecule has 5 rings (SSSR count). The molecule has 9 heteroatoms. The van der Waals surface area contributed by atoms with Gasteiger partial charge in [0.2, 0.25) is 0 Å². The third kappa shape index (κ3) is 4.60. The van der Waals surface area contributed by atoms with E-state index in [4.69, 9.17) is 18.9 Å². The van der Waals surface area contributed by atoms with Crippen LogP contribution in [0.15, 0.2) is 66.2 Å². The number of Topliss-reactive ketones (excluding diaryl/α,β-unsaturated/α-hetero) is 1. The number of fused-ring (bicyclic) bond motifs is 1. The largest absolute Gasteiger partial charge is 0.507 e. The molecule has 1 amide bonds. The summed E-state index contributed by atoms with van der Waals surface area (Å²) in [4.78, 5) is 30.5. The first-order valence-electron chi connectivity index (χ1n) is 12.5. The van der Waals surface area contributed by atoms with Gasteiger partial charge in [0.05, 0.1) is 51.7 Å². The number of aliphatic hydroxyl groups is 1. The average molecular weight is 531 g/mol. The monoisotopic (exact) mass is 530 g/mol. The molecule has 2 heterocycles. The number of ether oxygens (including phenoxy) is 4. The summed E-state index contributed by atoms with van der Waals surface area (Å²) < 4.78 is 22.1. The lowest BCUT2D eigenvalue weighted by atomic mass is 9.94. The van der Waals surface area contributed by atoms with Crippen LogP contribution >= 0.6 is 0 Å². The summed E-state index contributed by atoms with van der Waals surface area (Å²) >= 11 is 0. The minimum atomic E-state index is -0.889. The summed E-state index contributed by atoms with van der Waals surface area (Å²) in [5.74, 6) is 0.449. The highest BCUT2D eigenvalue weighted by Gasteiger charge is 2.46. The topological polar surface area (TPSA) is 97.8 Å². The highest BCUT2D eigenvalue weighted by molar-refractivity contribution is 6.46. The van der Waals surface area contributed by atoms with Crippen LogP contribution in [0, 0.1) is 0 Å². The number of methoxy groups -OCH3 is 3. The Kier molecular flexibility index (Phi) is 7.06. The number of carbonyl (C=O) groups excluding carboxylic acids is 2. The van der Waals surface area contributed by atoms with Crippen molar-refractivity contribution in [1.29, 1.82) is 0 Å². The summed E-state index contributed by atoms with van der Waals surface area (Å²) in [6.45, 7) is 1.33. The van der Waals surface area contributed by atoms with Crippen molar-refractivity contribution in [2.24, 2.45) is 0 Å². The van der Waals surface area contributed by atoms with Crippen LogP contribution in [0.4, 0.5) is 5.69 Å². The maximum Gasteiger partial charge on any atom is 0.295 e. The molecule has 0 radical (unpaired) electrons. The number of benzene rings is 3. The second-order valence-corrected chi connectivity index (χ2v) is 9.31. The number of nitrogens with zero attached hydrogens (tertiary/aromatic N) is 2. The normalized spacial score (nSPS) is 18.0. The number of aliphatic hydroxyl groups excluding tert-OH is 1. The smallest absolute Gasteiger partial charge is 0.295 e. The van der Waals surface area contributed by atoms with Gasteiger partial charge in [0.1, 0.15) is 23.9 Å². The van der Waals surface area contributed by atoms with Crippen molar-refractivity contribution in [2.45, 2.75) is 12.6 Å². The zero-order valence-electron chi connectivity index (χ0n) is 22.3. The summed E-state index contributed by atoms with van der Waals surface area (Å²) in [6.07, 6.45) is 0. The molecule has 1 unspecified atom stereocenters. The third-order valence-corrected chi connectivity index (χ3v) is 7.12. The molecule has 2 aliphatic heterocycles. The highest BCUT2D eigenvalue weighted by atomic mass is 16.5. The molecule has 0 aromatic heterocycles. The van der Waals surface area contributed by atoms with Crippen molar-refractivity contribution in [3.8, 4) is 23.0 Å². The molecule has 3 aromatic rings. The summed E-state index contributed by atoms with van der Waals surface area (Å²) in [6, 6.07) is 16.8. The van der Waals surface area contributed by atoms with E-state index in [0.717, 1.165) is 11.3 Å². The first kappa shape index (κ1) is 26.0. The van der Waals surface area contributed by atoms with E-state index in [0.29, 0.717) is 47.3 Å². The molecule has 0 bridgehead atoms. The van der Waals surface area contributed by atoms with Gasteiger partial charge in [-0.25, -0.2) is 0 Å². The Morgan fingerprint density at radius 3 is 2.44 bits per heavy atom. The Labute approximate surface area is 226 Å². The summed E-state index contributed by atoms with van der Waals surface area (Å²) in [5.41, 5.74) is 2.49. The van der Waals surface area contributed by atoms with Crippen LogP contribution in [0.3, 0.4) is 0 Å². The lowest BCUT2D eigenvalue weighted by molar-refractivity contribution is -0.140. The zero-order valence-corrected chi connectivity index (χ0v) is 22.3. The van der Waals surface area contributed by atoms with Crippen LogP contribution in [0.1, 0.15) is 22.7 Å². The van der Waals surface area contributed by atoms with Crippen LogP contribution in [-0.2, 0) is 16.1 Å². The van der Waals surface area contributed by atoms with Crippen molar-refractivity contribution in [2.75, 3.05) is 46.4 Å². The lowest BCUT2D eigenvalue weighted by Gasteiger charge is -2.28. The van der Waals surface area contributed by atoms with Gasteiger partial charge in [-0.1, -0.05) is 24.3 Å². The van der Waals surface area contributed by atoms with E-state index in [-0.39, 0.29) is 17.9 Å². The number of para-hydroxylation sites is 1. The fraction of sp³-hybridized carbons (Fsp3) is 0.267. The molecule has 2 aliphatic rings. The summed E-state index contributed by atoms with van der Waals surface area (Å²) in [5, 5.41) is 11.6. The number of hydrogen-bond donors (Lipinski definition) is 1. The van der Waals surface area contributed by atoms with Gasteiger partial charge in [-0.15, -0.1) is 0 Å². The molecule has 0 saturated carbocycles. The third-order valence-electron chi connectivity index (χ3n) is 7.12. The molecule has 9 nitrogen and oxygen atoms in total. The average Bonchev–Trinajstić information content (AvgIpc) is 3.21. The Balaban J connectivity index is 1.67. The zero-order chi connectivity index (χ0) is 27.7. The van der Waals surface area contributed by atoms with Gasteiger partial charge >= 0.3 is 0 Å². The van der Waals surface area contributed by atoms with Gasteiger partial charge < -0.3 is 33.9 Å². The Bertz CT molecular complexity index is 1470. The fourth-order valence-electron chi connectivity index (χ4n) is 5.08. The minimum Gasteiger partial charge on any atom is -0.507 e. The second kappa shape index (κ2) is 10.6. The molecular weight excluding hydrogens is 500 g/mol. The van der Waals surface area contributed by atoms with Gasteiger partial charge in [0.15, 0.2) is 11.5 Å². The molecule has 1 N–H and O–H groups in total. The van der Waals surface area contributed by atoms with E-state index in [9.17, 15) is 14.7 Å². The van der Waals surface area contributed by atoms with Gasteiger partial charge in [0, 0.05) is 18.2 Å². The van der Waals surface area contributed by atoms with Crippen LogP contribution < -0.4 is 23.8 Å². The van der Waals surface area contributed by atoms with Gasteiger partial charge in [-0.05, 0) is 42.0 Å². The number of likely N-dealkylation sites (tertiary alicyclic amines) is 1. The fourth-order valence-corrected chi connectivity index (χ4v) is 5.08. The Morgan fingerprint density at radius 1 is 0.949 bits per heavy atom. The predicted molar refractivity (Wildman–Crippen MR) is 146 cm³/mol. The first-order chi connectivity index (χ1) is 18.9. The van der Waals surface area contributed by atoms with E-state index in [1.54, 1.807) is 49.6 Å². The van der Waals surface area contributed by atoms with E-state index in [1.165, 1.54) is 19.1 Å². The van der Waals surface area contributed by atoms with Crippen LogP contribution in [0.2, 0.25) is 0 Å². The maximum atomic E-state index is 13.6. The van der Waals surface area contributed by atoms with Gasteiger partial charge in [-0.2, -0.15) is 0 Å². The van der Waals surface area contributed by atoms with E-state index < -0.39 is 17.7 Å². The van der Waals surface area contributed by atoms with E-state index in [2.05, 4.69) is 0 Å². The number of rotatable bonds is 7. The molecule has 0 aliphatic carbocycles. The molecule has 39 heavy (non-hydrogen) atoms. The number of likely N-dealkylation sites (N-methyl/N-ethyl adjacent to an activating group) is 1. The molecular formula is C30H30N2O7.